The minimum Gasteiger partial charge on any atom is -0.497 e. The highest BCUT2D eigenvalue weighted by Crippen LogP contribution is 2.31. The van der Waals surface area contributed by atoms with E-state index in [4.69, 9.17) is 54.7 Å². The molecule has 7 amide bonds. The highest BCUT2D eigenvalue weighted by Gasteiger charge is 2.27. The smallest absolute Gasteiger partial charge is 0.410 e. The number of H-pyrrole nitrogens is 1. The molecule has 5 saturated heterocycles. The molecule has 5 fully saturated rings. The van der Waals surface area contributed by atoms with Gasteiger partial charge in [-0.1, -0.05) is 121 Å². The van der Waals surface area contributed by atoms with Gasteiger partial charge in [0.05, 0.1) is 53.4 Å². The number of carbonyl (C=O) groups is 8. The van der Waals surface area contributed by atoms with Crippen molar-refractivity contribution in [2.24, 2.45) is 5.73 Å². The number of aromatic nitrogens is 5. The van der Waals surface area contributed by atoms with Crippen molar-refractivity contribution in [2.45, 2.75) is 108 Å². The van der Waals surface area contributed by atoms with Crippen molar-refractivity contribution in [1.29, 1.82) is 0 Å². The standard InChI is InChI=1S/C22H25N5O4.C15H20N2O3.C13H19N3O2.C12H16N2O2.C9H12N2O3.C7H14N2O.C6H6BrNO.C4H8O.C2H6O.CH4/c1-3-19(29)27-9-7-26(8-10-27)18-6-4-5-15(23-18)21-24-16-11-14(13-28)12-17(31-2)20(16)22(30)25-21;1-2-14(18)16-8-10-17(11-9-16)15(19)20-12-13-6-4-3-5-7-13;1-3-13(17)16-9-7-15(8-10-16)11-5-4-6-12(14-11)18-2;15-12(14-8-6-13-7-9-14)16-10-11-4-2-1-3-5-11;1-13-5-3-6(10)8(9(11)12)7(4-5)14-2;1-2-7(10)9-5-3-8-4-6-9;1-9-6-4-2-3-5(7)8-6;1-3-4(2)5;1-2-3;/h4-6,11-12,28H,3,7-10,13H2,1-2H3,(H,24,25,30);3-7H,2,8-12H2,1H3;4-6H,3,7-10H2,1-2H3;1-5,13H,6-10H2;3-4H,10H2,1-2H3,(H2,11,12);8H,2-6H2,1H3;2-4H,1H3;3H2,1-2H3;3H,2H2,1H3;1H4. The van der Waals surface area contributed by atoms with Gasteiger partial charge in [0, 0.05) is 194 Å². The van der Waals surface area contributed by atoms with E-state index in [1.54, 1.807) is 73.1 Å². The molecule has 8 aromatic rings. The number of fused-ring (bicyclic) bond motifs is 1. The molecule has 9 heterocycles. The third-order valence-corrected chi connectivity index (χ3v) is 20.0. The summed E-state index contributed by atoms with van der Waals surface area (Å²) >= 11 is 3.21. The number of nitrogen functional groups attached to an aromatic ring is 1. The molecule has 127 heavy (non-hydrogen) atoms. The van der Waals surface area contributed by atoms with Crippen LogP contribution in [0.3, 0.4) is 0 Å². The summed E-state index contributed by atoms with van der Waals surface area (Å²) < 4.78 is 36.5. The first-order valence-corrected chi connectivity index (χ1v) is 42.8. The summed E-state index contributed by atoms with van der Waals surface area (Å²) in [6, 6.07) is 42.5. The number of ether oxygens (including phenoxy) is 7. The first-order valence-electron chi connectivity index (χ1n) is 42.0. The van der Waals surface area contributed by atoms with Gasteiger partial charge in [-0.05, 0) is 82.9 Å². The average molecular weight is 1830 g/mol. The lowest BCUT2D eigenvalue weighted by molar-refractivity contribution is -0.132. The van der Waals surface area contributed by atoms with Gasteiger partial charge in [-0.2, -0.15) is 4.98 Å². The highest BCUT2D eigenvalue weighted by atomic mass is 79.9. The zero-order valence-electron chi connectivity index (χ0n) is 74.6. The van der Waals surface area contributed by atoms with Crippen molar-refractivity contribution in [3.05, 3.63) is 177 Å². The molecule has 0 spiro atoms. The molecule has 0 unspecified atom stereocenters. The lowest BCUT2D eigenvalue weighted by Gasteiger charge is -2.35. The first kappa shape index (κ1) is 107. The van der Waals surface area contributed by atoms with Gasteiger partial charge in [-0.15, -0.1) is 0 Å². The third kappa shape index (κ3) is 37.1. The summed E-state index contributed by atoms with van der Waals surface area (Å²) in [7, 11) is 7.61. The molecule has 4 aromatic carbocycles. The number of aliphatic hydroxyl groups is 2. The number of hydrogen-bond acceptors (Lipinski definition) is 27. The van der Waals surface area contributed by atoms with Crippen LogP contribution < -0.4 is 61.1 Å². The van der Waals surface area contributed by atoms with Crippen LogP contribution in [0.5, 0.6) is 29.0 Å². The summed E-state index contributed by atoms with van der Waals surface area (Å²) in [4.78, 5) is 139. The number of halogens is 1. The van der Waals surface area contributed by atoms with Crippen molar-refractivity contribution in [1.82, 2.24) is 65.0 Å². The van der Waals surface area contributed by atoms with Crippen LogP contribution in [0.25, 0.3) is 22.4 Å². The van der Waals surface area contributed by atoms with Gasteiger partial charge < -0.3 is 114 Å². The summed E-state index contributed by atoms with van der Waals surface area (Å²) in [6.45, 7) is 28.3. The van der Waals surface area contributed by atoms with E-state index >= 15 is 0 Å². The normalized spacial score (nSPS) is 13.7. The van der Waals surface area contributed by atoms with Crippen LogP contribution in [-0.2, 0) is 53.3 Å². The summed E-state index contributed by atoms with van der Waals surface area (Å²) in [5.74, 6) is 4.92. The Morgan fingerprint density at radius 1 is 0.449 bits per heavy atom. The number of nitrogens with one attached hydrogen (secondary N) is 3. The van der Waals surface area contributed by atoms with Crippen LogP contribution in [0.2, 0.25) is 0 Å². The number of primary amides is 1. The molecule has 13 rings (SSSR count). The first-order chi connectivity index (χ1) is 60.8. The largest absolute Gasteiger partial charge is 0.497 e. The topological polar surface area (TPSA) is 428 Å². The Morgan fingerprint density at radius 2 is 0.850 bits per heavy atom. The number of methoxy groups -OCH3 is 5. The number of hydrogen-bond donors (Lipinski definition) is 7. The van der Waals surface area contributed by atoms with Gasteiger partial charge in [-0.25, -0.2) is 24.5 Å². The molecule has 36 heteroatoms. The summed E-state index contributed by atoms with van der Waals surface area (Å²) in [6.07, 6.45) is 2.38. The van der Waals surface area contributed by atoms with Crippen molar-refractivity contribution < 1.29 is 81.7 Å². The Bertz CT molecular complexity index is 4700. The maximum absolute atomic E-state index is 12.8. The van der Waals surface area contributed by atoms with Crippen LogP contribution in [0.1, 0.15) is 115 Å². The maximum Gasteiger partial charge on any atom is 0.410 e. The Morgan fingerprint density at radius 3 is 1.25 bits per heavy atom. The summed E-state index contributed by atoms with van der Waals surface area (Å²) in [5, 5.41) is 23.8. The quantitative estimate of drug-likeness (QED) is 0.0292. The van der Waals surface area contributed by atoms with E-state index in [9.17, 15) is 48.3 Å². The fourth-order valence-electron chi connectivity index (χ4n) is 12.5. The number of pyridine rings is 3. The minimum atomic E-state index is -0.623. The van der Waals surface area contributed by atoms with Crippen molar-refractivity contribution in [2.75, 3.05) is 189 Å². The fourth-order valence-corrected chi connectivity index (χ4v) is 12.9. The second kappa shape index (κ2) is 59.6. The number of anilines is 3. The van der Waals surface area contributed by atoms with Crippen LogP contribution >= 0.6 is 15.9 Å². The number of benzene rings is 4. The number of amides is 7. The maximum atomic E-state index is 12.8. The van der Waals surface area contributed by atoms with E-state index in [0.717, 1.165) is 106 Å². The van der Waals surface area contributed by atoms with Crippen LogP contribution in [0.15, 0.2) is 149 Å². The number of ketones is 1. The van der Waals surface area contributed by atoms with Gasteiger partial charge in [0.15, 0.2) is 5.82 Å². The third-order valence-electron chi connectivity index (χ3n) is 19.6. The molecule has 0 bridgehead atoms. The number of nitrogens with two attached hydrogens (primary N) is 2. The number of aromatic amines is 1. The van der Waals surface area contributed by atoms with Gasteiger partial charge in [0.1, 0.15) is 69.1 Å². The Labute approximate surface area is 753 Å². The van der Waals surface area contributed by atoms with Crippen LogP contribution in [0.4, 0.5) is 26.9 Å². The minimum absolute atomic E-state index is 0. The predicted molar refractivity (Wildman–Crippen MR) is 494 cm³/mol. The molecule has 5 aliphatic rings. The molecular weight excluding hydrogens is 1700 g/mol. The molecular formula is C91H130BrN17O18. The van der Waals surface area contributed by atoms with Gasteiger partial charge >= 0.3 is 12.2 Å². The molecule has 0 radical (unpaired) electrons. The SMILES string of the molecule is C.CCC(=O)N1CCN(C(=O)OCc2ccccc2)CC1.CCC(=O)N1CCN(c2cccc(-c3nc4cc(CO)cc(OC)c4c(=O)[nH]3)n2)CC1.CCC(=O)N1CCN(c2cccc(OC)n2)CC1.CCC(=O)N1CCNCC1.CCC(C)=O.CCO.COc1cc(N)c(C(N)=O)c(OC)c1.COc1cccc(Br)n1.O=C(OCc1ccccc1)N1CCNCC1. The van der Waals surface area contributed by atoms with E-state index in [1.165, 1.54) is 27.4 Å². The van der Waals surface area contributed by atoms with E-state index in [-0.39, 0.29) is 85.7 Å². The van der Waals surface area contributed by atoms with Crippen molar-refractivity contribution in [3.8, 4) is 40.5 Å². The lowest BCUT2D eigenvalue weighted by Crippen LogP contribution is -2.50. The monoisotopic (exact) mass is 1830 g/mol. The fraction of sp³-hybridized carbons (Fsp3) is 0.462. The van der Waals surface area contributed by atoms with Crippen LogP contribution in [0, 0.1) is 0 Å². The molecule has 35 nitrogen and oxygen atoms in total. The molecule has 4 aromatic heterocycles. The Balaban J connectivity index is 0.000000315. The van der Waals surface area contributed by atoms with Crippen LogP contribution in [-0.4, -0.2) is 285 Å². The lowest BCUT2D eigenvalue weighted by atomic mass is 10.1. The van der Waals surface area contributed by atoms with Crippen molar-refractivity contribution >= 4 is 91.7 Å². The number of rotatable bonds is 19. The second-order valence-corrected chi connectivity index (χ2v) is 29.0. The molecule has 0 saturated carbocycles. The molecule has 5 aliphatic heterocycles. The van der Waals surface area contributed by atoms with Crippen molar-refractivity contribution in [3.63, 3.8) is 0 Å². The number of aliphatic hydroxyl groups excluding tert-OH is 2. The van der Waals surface area contributed by atoms with Gasteiger partial charge in [0.25, 0.3) is 11.5 Å². The van der Waals surface area contributed by atoms with E-state index in [1.807, 2.05) is 152 Å². The van der Waals surface area contributed by atoms with E-state index in [0.29, 0.717) is 148 Å². The number of Topliss-reactive ketones (excluding diaryl/α,β-unsaturated/α-hetero) is 1. The zero-order valence-corrected chi connectivity index (χ0v) is 76.2. The average Bonchev–Trinajstić information content (AvgIpc) is 0.774. The zero-order chi connectivity index (χ0) is 92.3. The number of piperazine rings is 5. The van der Waals surface area contributed by atoms with E-state index < -0.39 is 5.91 Å². The number of nitrogens with zero attached hydrogens (tertiary/aromatic N) is 12. The second-order valence-electron chi connectivity index (χ2n) is 28.2. The van der Waals surface area contributed by atoms with Gasteiger partial charge in [0.2, 0.25) is 35.4 Å². The Kier molecular flexibility index (Phi) is 50.3. The highest BCUT2D eigenvalue weighted by molar-refractivity contribution is 9.10. The molecule has 694 valence electrons. The van der Waals surface area contributed by atoms with E-state index in [2.05, 4.69) is 56.3 Å². The summed E-state index contributed by atoms with van der Waals surface area (Å²) in [5.41, 5.74) is 14.4. The Hall–Kier alpha value is -12.3. The molecule has 9 N–H and O–H groups in total. The molecule has 0 aliphatic carbocycles. The molecule has 0 atom stereocenters. The van der Waals surface area contributed by atoms with Gasteiger partial charge in [-0.3, -0.25) is 28.8 Å². The number of carbonyl (C=O) groups excluding carboxylic acids is 8. The predicted octanol–water partition coefficient (Wildman–Crippen LogP) is 9.49.